The predicted molar refractivity (Wildman–Crippen MR) is 136 cm³/mol. The highest BCUT2D eigenvalue weighted by molar-refractivity contribution is 6.02. The van der Waals surface area contributed by atoms with Gasteiger partial charge in [-0.1, -0.05) is 51.1 Å². The van der Waals surface area contributed by atoms with Gasteiger partial charge in [0.1, 0.15) is 11.7 Å². The van der Waals surface area contributed by atoms with Crippen LogP contribution in [0.1, 0.15) is 44.6 Å². The van der Waals surface area contributed by atoms with Gasteiger partial charge in [0.15, 0.2) is 11.8 Å². The minimum atomic E-state index is -2.07. The summed E-state index contributed by atoms with van der Waals surface area (Å²) in [5, 5.41) is 51.6. The monoisotopic (exact) mass is 508 g/mol. The lowest BCUT2D eigenvalue weighted by atomic mass is 9.58. The number of aryl methyl sites for hydroxylation is 1. The molecule has 1 spiro atoms. The largest absolute Gasteiger partial charge is 0.450 e. The summed E-state index contributed by atoms with van der Waals surface area (Å²) in [4.78, 5) is 13.5. The summed E-state index contributed by atoms with van der Waals surface area (Å²) in [5.41, 5.74) is -1.64. The minimum absolute atomic E-state index is 0.00918. The number of benzene rings is 1. The van der Waals surface area contributed by atoms with E-state index >= 15 is 0 Å². The third-order valence-electron chi connectivity index (χ3n) is 10.3. The molecule has 9 atom stereocenters. The maximum Gasteiger partial charge on any atom is 0.360 e. The van der Waals surface area contributed by atoms with Gasteiger partial charge in [-0.25, -0.2) is 4.79 Å². The number of fused-ring (bicyclic) bond motifs is 4. The molecule has 4 N–H and O–H groups in total. The minimum Gasteiger partial charge on any atom is -0.450 e. The Morgan fingerprint density at radius 1 is 1.24 bits per heavy atom. The van der Waals surface area contributed by atoms with E-state index in [1.165, 1.54) is 0 Å². The number of para-hydroxylation sites is 1. The molecule has 6 rings (SSSR count). The fourth-order valence-corrected chi connectivity index (χ4v) is 8.43. The standard InChI is InChI=1S/C29H36N2O6/c1-14-12-28-15(2)10-19-21(27(19,3)4)18(24(28)34)11-16(13-32)23(33)29(28,36)25(14)37-26(35)22-17-8-6-7-9-20(17)31(5)30-22/h6-9,11-12,15,18-19,21,23-25,32-34,36H,10,13H2,1-5H3/t15-,18+,19-,21+,23-,24?,25+,28+,29+/m1/s1. The Kier molecular flexibility index (Phi) is 5.20. The molecule has 2 fully saturated rings. The van der Waals surface area contributed by atoms with Crippen molar-refractivity contribution in [2.75, 3.05) is 6.61 Å². The van der Waals surface area contributed by atoms with Gasteiger partial charge in [0.2, 0.25) is 0 Å². The van der Waals surface area contributed by atoms with Crippen LogP contribution < -0.4 is 0 Å². The van der Waals surface area contributed by atoms with Gasteiger partial charge < -0.3 is 25.2 Å². The average Bonchev–Trinajstić information content (AvgIpc) is 3.15. The Morgan fingerprint density at radius 3 is 2.65 bits per heavy atom. The van der Waals surface area contributed by atoms with Crippen LogP contribution in [0.25, 0.3) is 10.9 Å². The van der Waals surface area contributed by atoms with Crippen LogP contribution in [-0.2, 0) is 11.8 Å². The van der Waals surface area contributed by atoms with Crippen molar-refractivity contribution < 1.29 is 30.0 Å². The van der Waals surface area contributed by atoms with Gasteiger partial charge in [0.05, 0.1) is 23.6 Å². The van der Waals surface area contributed by atoms with Crippen molar-refractivity contribution in [2.45, 2.75) is 58.0 Å². The number of aliphatic hydroxyl groups excluding tert-OH is 3. The summed E-state index contributed by atoms with van der Waals surface area (Å²) in [6.45, 7) is 7.67. The summed E-state index contributed by atoms with van der Waals surface area (Å²) in [5.74, 6) is -0.790. The molecule has 4 aliphatic carbocycles. The molecule has 198 valence electrons. The SMILES string of the molecule is CC1=C[C@]23C(O)[C@@H](C=C(CO)[C@@H](O)[C@]2(O)[C@H]1OC(=O)c1nn(C)c2ccccc12)[C@H]1[C@@H](C[C@H]3C)C1(C)C. The summed E-state index contributed by atoms with van der Waals surface area (Å²) < 4.78 is 7.61. The quantitative estimate of drug-likeness (QED) is 0.371. The van der Waals surface area contributed by atoms with Gasteiger partial charge in [-0.2, -0.15) is 5.10 Å². The molecule has 4 aliphatic rings. The molecule has 1 aromatic carbocycles. The zero-order valence-corrected chi connectivity index (χ0v) is 21.9. The molecule has 0 amide bonds. The van der Waals surface area contributed by atoms with E-state index in [-0.39, 0.29) is 34.4 Å². The van der Waals surface area contributed by atoms with Gasteiger partial charge in [-0.3, -0.25) is 4.68 Å². The molecule has 8 nitrogen and oxygen atoms in total. The molecule has 1 aromatic heterocycles. The zero-order valence-electron chi connectivity index (χ0n) is 21.9. The van der Waals surface area contributed by atoms with E-state index in [9.17, 15) is 25.2 Å². The Bertz CT molecular complexity index is 1360. The lowest BCUT2D eigenvalue weighted by molar-refractivity contribution is -0.215. The van der Waals surface area contributed by atoms with Crippen molar-refractivity contribution >= 4 is 16.9 Å². The number of aliphatic hydroxyl groups is 4. The van der Waals surface area contributed by atoms with Crippen molar-refractivity contribution in [2.24, 2.45) is 41.5 Å². The zero-order chi connectivity index (χ0) is 26.7. The normalized spacial score (nSPS) is 41.7. The van der Waals surface area contributed by atoms with E-state index in [4.69, 9.17) is 4.74 Å². The first kappa shape index (κ1) is 24.8. The molecule has 1 heterocycles. The van der Waals surface area contributed by atoms with E-state index in [1.54, 1.807) is 30.8 Å². The van der Waals surface area contributed by atoms with E-state index in [0.717, 1.165) is 11.9 Å². The highest BCUT2D eigenvalue weighted by Gasteiger charge is 2.76. The van der Waals surface area contributed by atoms with Crippen LogP contribution in [0.2, 0.25) is 0 Å². The third kappa shape index (κ3) is 2.93. The fraction of sp³-hybridized carbons (Fsp3) is 0.586. The van der Waals surface area contributed by atoms with Gasteiger partial charge in [-0.05, 0) is 53.7 Å². The number of hydrogen-bond donors (Lipinski definition) is 4. The van der Waals surface area contributed by atoms with Crippen LogP contribution in [0, 0.1) is 34.5 Å². The predicted octanol–water partition coefficient (Wildman–Crippen LogP) is 2.36. The van der Waals surface area contributed by atoms with Crippen molar-refractivity contribution in [1.82, 2.24) is 9.78 Å². The van der Waals surface area contributed by atoms with Crippen LogP contribution >= 0.6 is 0 Å². The summed E-state index contributed by atoms with van der Waals surface area (Å²) >= 11 is 0. The number of aromatic nitrogens is 2. The molecule has 8 heteroatoms. The maximum absolute atomic E-state index is 13.5. The second-order valence-electron chi connectivity index (χ2n) is 12.3. The fourth-order valence-electron chi connectivity index (χ4n) is 8.43. The van der Waals surface area contributed by atoms with Crippen LogP contribution in [0.4, 0.5) is 0 Å². The lowest BCUT2D eigenvalue weighted by Gasteiger charge is -2.52. The van der Waals surface area contributed by atoms with Crippen LogP contribution in [-0.4, -0.2) is 66.7 Å². The van der Waals surface area contributed by atoms with Gasteiger partial charge >= 0.3 is 5.97 Å². The van der Waals surface area contributed by atoms with Crippen molar-refractivity contribution in [3.63, 3.8) is 0 Å². The van der Waals surface area contributed by atoms with Gasteiger partial charge in [0, 0.05) is 18.4 Å². The van der Waals surface area contributed by atoms with E-state index in [1.807, 2.05) is 31.2 Å². The number of nitrogens with zero attached hydrogens (tertiary/aromatic N) is 2. The number of rotatable bonds is 3. The molecule has 2 aromatic rings. The second-order valence-corrected chi connectivity index (χ2v) is 12.3. The van der Waals surface area contributed by atoms with Crippen LogP contribution in [0.15, 0.2) is 47.6 Å². The number of carbonyl (C=O) groups excluding carboxylic acids is 1. The van der Waals surface area contributed by atoms with Gasteiger partial charge in [0.25, 0.3) is 0 Å². The molecule has 0 aliphatic heterocycles. The lowest BCUT2D eigenvalue weighted by Crippen LogP contribution is -2.66. The molecule has 0 saturated heterocycles. The topological polar surface area (TPSA) is 125 Å². The molecular weight excluding hydrogens is 472 g/mol. The first-order valence-corrected chi connectivity index (χ1v) is 13.1. The van der Waals surface area contributed by atoms with E-state index < -0.39 is 41.9 Å². The Labute approximate surface area is 216 Å². The summed E-state index contributed by atoms with van der Waals surface area (Å²) in [6.07, 6.45) is 0.564. The highest BCUT2D eigenvalue weighted by Crippen LogP contribution is 2.72. The number of esters is 1. The van der Waals surface area contributed by atoms with Crippen molar-refractivity contribution in [1.29, 1.82) is 0 Å². The van der Waals surface area contributed by atoms with Crippen LogP contribution in [0.5, 0.6) is 0 Å². The molecule has 2 saturated carbocycles. The molecule has 1 unspecified atom stereocenters. The maximum atomic E-state index is 13.5. The Morgan fingerprint density at radius 2 is 1.95 bits per heavy atom. The average molecular weight is 509 g/mol. The first-order chi connectivity index (χ1) is 17.4. The van der Waals surface area contributed by atoms with Crippen molar-refractivity contribution in [3.8, 4) is 0 Å². The van der Waals surface area contributed by atoms with Gasteiger partial charge in [-0.15, -0.1) is 0 Å². The molecular formula is C29H36N2O6. The number of ether oxygens (including phenoxy) is 1. The number of carbonyl (C=O) groups is 1. The smallest absolute Gasteiger partial charge is 0.360 e. The molecule has 37 heavy (non-hydrogen) atoms. The Balaban J connectivity index is 1.47. The molecule has 0 radical (unpaired) electrons. The van der Waals surface area contributed by atoms with Crippen molar-refractivity contribution in [3.05, 3.63) is 53.3 Å². The Hall–Kier alpha value is -2.52. The van der Waals surface area contributed by atoms with E-state index in [0.29, 0.717) is 16.9 Å². The summed E-state index contributed by atoms with van der Waals surface area (Å²) in [7, 11) is 1.74. The highest BCUT2D eigenvalue weighted by atomic mass is 16.6. The first-order valence-electron chi connectivity index (χ1n) is 13.1. The number of hydrogen-bond acceptors (Lipinski definition) is 7. The third-order valence-corrected chi connectivity index (χ3v) is 10.3. The summed E-state index contributed by atoms with van der Waals surface area (Å²) in [6, 6.07) is 7.31. The second kappa shape index (κ2) is 7.76. The van der Waals surface area contributed by atoms with Crippen LogP contribution in [0.3, 0.4) is 0 Å². The molecule has 2 bridgehead atoms. The van der Waals surface area contributed by atoms with E-state index in [2.05, 4.69) is 18.9 Å².